The molecular formula is C19H17Cl2N. The van der Waals surface area contributed by atoms with E-state index >= 15 is 0 Å². The predicted octanol–water partition coefficient (Wildman–Crippen LogP) is 5.43. The molecule has 0 fully saturated rings. The van der Waals surface area contributed by atoms with Crippen molar-refractivity contribution < 1.29 is 0 Å². The molecular weight excluding hydrogens is 313 g/mol. The van der Waals surface area contributed by atoms with Crippen LogP contribution >= 0.6 is 23.2 Å². The monoisotopic (exact) mass is 329 g/mol. The Labute approximate surface area is 140 Å². The standard InChI is InChI=1S/C19H17Cl2N/c20-16-8-9-18(19(21)11-16)15(12-22)10-14-6-3-5-13-4-1-2-7-17(13)14/h1-9,11,15H,10,12,22H2. The van der Waals surface area contributed by atoms with Gasteiger partial charge >= 0.3 is 0 Å². The van der Waals surface area contributed by atoms with Gasteiger partial charge in [0.1, 0.15) is 0 Å². The lowest BCUT2D eigenvalue weighted by Crippen LogP contribution is -2.15. The Balaban J connectivity index is 1.98. The van der Waals surface area contributed by atoms with E-state index in [0.29, 0.717) is 16.6 Å². The van der Waals surface area contributed by atoms with E-state index in [9.17, 15) is 0 Å². The molecule has 3 heteroatoms. The van der Waals surface area contributed by atoms with Gasteiger partial charge in [0.2, 0.25) is 0 Å². The summed E-state index contributed by atoms with van der Waals surface area (Å²) in [5.41, 5.74) is 8.36. The average Bonchev–Trinajstić information content (AvgIpc) is 2.53. The van der Waals surface area contributed by atoms with Gasteiger partial charge in [-0.3, -0.25) is 0 Å². The molecule has 0 spiro atoms. The number of nitrogens with two attached hydrogens (primary N) is 1. The first-order valence-electron chi connectivity index (χ1n) is 7.30. The number of fused-ring (bicyclic) bond motifs is 1. The maximum Gasteiger partial charge on any atom is 0.0456 e. The molecule has 2 N–H and O–H groups in total. The molecule has 0 aliphatic heterocycles. The van der Waals surface area contributed by atoms with Crippen LogP contribution < -0.4 is 5.73 Å². The van der Waals surface area contributed by atoms with Crippen molar-refractivity contribution in [2.45, 2.75) is 12.3 Å². The first-order chi connectivity index (χ1) is 10.7. The van der Waals surface area contributed by atoms with Crippen LogP contribution in [0.2, 0.25) is 10.0 Å². The lowest BCUT2D eigenvalue weighted by Gasteiger charge is -2.18. The highest BCUT2D eigenvalue weighted by Crippen LogP contribution is 2.31. The van der Waals surface area contributed by atoms with Gasteiger partial charge in [0.05, 0.1) is 0 Å². The second-order valence-corrected chi connectivity index (χ2v) is 6.28. The second-order valence-electron chi connectivity index (χ2n) is 5.44. The van der Waals surface area contributed by atoms with E-state index in [1.807, 2.05) is 12.1 Å². The van der Waals surface area contributed by atoms with Crippen LogP contribution in [0.4, 0.5) is 0 Å². The summed E-state index contributed by atoms with van der Waals surface area (Å²) >= 11 is 12.3. The number of halogens is 2. The molecule has 0 heterocycles. The minimum absolute atomic E-state index is 0.176. The van der Waals surface area contributed by atoms with Crippen LogP contribution in [0, 0.1) is 0 Å². The second kappa shape index (κ2) is 6.70. The van der Waals surface area contributed by atoms with Crippen LogP contribution in [0.3, 0.4) is 0 Å². The van der Waals surface area contributed by atoms with Crippen molar-refractivity contribution in [1.29, 1.82) is 0 Å². The third kappa shape index (κ3) is 3.12. The van der Waals surface area contributed by atoms with Gasteiger partial charge in [-0.1, -0.05) is 71.7 Å². The Hall–Kier alpha value is -1.54. The van der Waals surface area contributed by atoms with Crippen LogP contribution in [0.1, 0.15) is 17.0 Å². The van der Waals surface area contributed by atoms with E-state index in [2.05, 4.69) is 42.5 Å². The molecule has 0 bridgehead atoms. The van der Waals surface area contributed by atoms with Gasteiger partial charge in [0, 0.05) is 16.0 Å². The minimum atomic E-state index is 0.176. The van der Waals surface area contributed by atoms with Crippen LogP contribution in [-0.4, -0.2) is 6.54 Å². The van der Waals surface area contributed by atoms with Crippen LogP contribution in [0.5, 0.6) is 0 Å². The summed E-state index contributed by atoms with van der Waals surface area (Å²) in [6.07, 6.45) is 0.860. The molecule has 1 atom stereocenters. The average molecular weight is 330 g/mol. The SMILES string of the molecule is NCC(Cc1cccc2ccccc12)c1ccc(Cl)cc1Cl. The molecule has 0 amide bonds. The first-order valence-corrected chi connectivity index (χ1v) is 8.06. The van der Waals surface area contributed by atoms with Crippen LogP contribution in [-0.2, 0) is 6.42 Å². The summed E-state index contributed by atoms with van der Waals surface area (Å²) in [5, 5.41) is 3.85. The molecule has 3 aromatic rings. The number of hydrogen-bond donors (Lipinski definition) is 1. The van der Waals surface area contributed by atoms with Crippen molar-refractivity contribution in [2.75, 3.05) is 6.54 Å². The largest absolute Gasteiger partial charge is 0.330 e. The van der Waals surface area contributed by atoms with Crippen molar-refractivity contribution in [3.8, 4) is 0 Å². The molecule has 0 aromatic heterocycles. The third-order valence-corrected chi connectivity index (χ3v) is 4.60. The lowest BCUT2D eigenvalue weighted by molar-refractivity contribution is 0.697. The minimum Gasteiger partial charge on any atom is -0.330 e. The summed E-state index contributed by atoms with van der Waals surface area (Å²) in [6.45, 7) is 0.546. The topological polar surface area (TPSA) is 26.0 Å². The van der Waals surface area contributed by atoms with Gasteiger partial charge in [-0.15, -0.1) is 0 Å². The van der Waals surface area contributed by atoms with Crippen molar-refractivity contribution in [3.63, 3.8) is 0 Å². The normalized spacial score (nSPS) is 12.5. The van der Waals surface area contributed by atoms with E-state index in [4.69, 9.17) is 28.9 Å². The van der Waals surface area contributed by atoms with Gasteiger partial charge in [0.15, 0.2) is 0 Å². The third-order valence-electron chi connectivity index (χ3n) is 4.03. The highest BCUT2D eigenvalue weighted by Gasteiger charge is 2.15. The highest BCUT2D eigenvalue weighted by molar-refractivity contribution is 6.35. The molecule has 22 heavy (non-hydrogen) atoms. The quantitative estimate of drug-likeness (QED) is 0.678. The summed E-state index contributed by atoms with van der Waals surface area (Å²) in [4.78, 5) is 0. The molecule has 0 saturated carbocycles. The molecule has 0 aliphatic rings. The van der Waals surface area contributed by atoms with Crippen molar-refractivity contribution >= 4 is 34.0 Å². The zero-order valence-electron chi connectivity index (χ0n) is 12.1. The molecule has 3 rings (SSSR count). The smallest absolute Gasteiger partial charge is 0.0456 e. The first kappa shape index (κ1) is 15.4. The Morgan fingerprint density at radius 1 is 0.909 bits per heavy atom. The van der Waals surface area contributed by atoms with Crippen molar-refractivity contribution in [1.82, 2.24) is 0 Å². The Morgan fingerprint density at radius 3 is 2.45 bits per heavy atom. The van der Waals surface area contributed by atoms with Gasteiger partial charge in [-0.05, 0) is 47.0 Å². The molecule has 1 unspecified atom stereocenters. The summed E-state index contributed by atoms with van der Waals surface area (Å²) in [5.74, 6) is 0.176. The van der Waals surface area contributed by atoms with E-state index < -0.39 is 0 Å². The molecule has 1 nitrogen and oxygen atoms in total. The summed E-state index contributed by atoms with van der Waals surface area (Å²) < 4.78 is 0. The fourth-order valence-electron chi connectivity index (χ4n) is 2.89. The fraction of sp³-hybridized carbons (Fsp3) is 0.158. The van der Waals surface area contributed by atoms with Crippen LogP contribution in [0.15, 0.2) is 60.7 Å². The molecule has 0 radical (unpaired) electrons. The Kier molecular flexibility index (Phi) is 4.68. The van der Waals surface area contributed by atoms with E-state index in [1.54, 1.807) is 6.07 Å². The number of rotatable bonds is 4. The summed E-state index contributed by atoms with van der Waals surface area (Å²) in [6, 6.07) is 20.4. The fourth-order valence-corrected chi connectivity index (χ4v) is 3.45. The van der Waals surface area contributed by atoms with E-state index in [0.717, 1.165) is 12.0 Å². The Bertz CT molecular complexity index is 793. The lowest BCUT2D eigenvalue weighted by atomic mass is 9.90. The summed E-state index contributed by atoms with van der Waals surface area (Å²) in [7, 11) is 0. The van der Waals surface area contributed by atoms with Crippen molar-refractivity contribution in [2.24, 2.45) is 5.73 Å². The zero-order valence-corrected chi connectivity index (χ0v) is 13.6. The predicted molar refractivity (Wildman–Crippen MR) is 95.9 cm³/mol. The van der Waals surface area contributed by atoms with Crippen molar-refractivity contribution in [3.05, 3.63) is 81.8 Å². The number of hydrogen-bond acceptors (Lipinski definition) is 1. The molecule has 112 valence electrons. The maximum atomic E-state index is 6.35. The van der Waals surface area contributed by atoms with Gasteiger partial charge < -0.3 is 5.73 Å². The van der Waals surface area contributed by atoms with Gasteiger partial charge in [0.25, 0.3) is 0 Å². The maximum absolute atomic E-state index is 6.35. The van der Waals surface area contributed by atoms with E-state index in [-0.39, 0.29) is 5.92 Å². The van der Waals surface area contributed by atoms with Gasteiger partial charge in [-0.25, -0.2) is 0 Å². The van der Waals surface area contributed by atoms with E-state index in [1.165, 1.54) is 16.3 Å². The highest BCUT2D eigenvalue weighted by atomic mass is 35.5. The molecule has 3 aromatic carbocycles. The van der Waals surface area contributed by atoms with Gasteiger partial charge in [-0.2, -0.15) is 0 Å². The molecule has 0 saturated heterocycles. The van der Waals surface area contributed by atoms with Crippen LogP contribution in [0.25, 0.3) is 10.8 Å². The molecule has 0 aliphatic carbocycles. The Morgan fingerprint density at radius 2 is 1.68 bits per heavy atom. The zero-order chi connectivity index (χ0) is 15.5. The number of benzene rings is 3.